The van der Waals surface area contributed by atoms with Gasteiger partial charge in [0.05, 0.1) is 5.92 Å². The number of hydrogen-bond donors (Lipinski definition) is 1. The zero-order valence-electron chi connectivity index (χ0n) is 13.1. The fourth-order valence-electron chi connectivity index (χ4n) is 3.27. The summed E-state index contributed by atoms with van der Waals surface area (Å²) in [6.45, 7) is 0. The third kappa shape index (κ3) is 2.46. The summed E-state index contributed by atoms with van der Waals surface area (Å²) in [6, 6.07) is 11.7. The molecule has 2 heterocycles. The molecule has 6 nitrogen and oxygen atoms in total. The van der Waals surface area contributed by atoms with Crippen LogP contribution in [0.2, 0.25) is 0 Å². The number of fused-ring (bicyclic) bond motifs is 1. The zero-order chi connectivity index (χ0) is 16.5. The van der Waals surface area contributed by atoms with Crippen molar-refractivity contribution in [3.05, 3.63) is 59.9 Å². The molecule has 1 aliphatic carbocycles. The van der Waals surface area contributed by atoms with Gasteiger partial charge in [-0.3, -0.25) is 9.78 Å². The van der Waals surface area contributed by atoms with Crippen LogP contribution in [-0.2, 0) is 6.42 Å². The van der Waals surface area contributed by atoms with Gasteiger partial charge in [-0.25, -0.2) is 0 Å². The lowest BCUT2D eigenvalue weighted by atomic mass is 9.82. The molecule has 0 aliphatic heterocycles. The van der Waals surface area contributed by atoms with Gasteiger partial charge in [-0.2, -0.15) is 9.67 Å². The van der Waals surface area contributed by atoms with Gasteiger partial charge in [0.15, 0.2) is 5.82 Å². The maximum absolute atomic E-state index is 13.0. The number of pyridine rings is 1. The van der Waals surface area contributed by atoms with Crippen LogP contribution in [0.4, 0.5) is 5.95 Å². The van der Waals surface area contributed by atoms with E-state index in [9.17, 15) is 4.79 Å². The van der Waals surface area contributed by atoms with Crippen LogP contribution in [0.15, 0.2) is 48.8 Å². The van der Waals surface area contributed by atoms with E-state index in [1.165, 1.54) is 10.2 Å². The highest BCUT2D eigenvalue weighted by Crippen LogP contribution is 2.33. The van der Waals surface area contributed by atoms with E-state index in [4.69, 9.17) is 5.73 Å². The number of nitrogen functional groups attached to an aromatic ring is 1. The Kier molecular flexibility index (Phi) is 3.57. The molecule has 0 bridgehead atoms. The van der Waals surface area contributed by atoms with Crippen molar-refractivity contribution in [1.82, 2.24) is 19.7 Å². The maximum Gasteiger partial charge on any atom is 0.257 e. The smallest absolute Gasteiger partial charge is 0.257 e. The first kappa shape index (κ1) is 14.6. The van der Waals surface area contributed by atoms with E-state index in [1.807, 2.05) is 18.2 Å². The van der Waals surface area contributed by atoms with E-state index in [0.29, 0.717) is 5.82 Å². The summed E-state index contributed by atoms with van der Waals surface area (Å²) < 4.78 is 1.24. The SMILES string of the molecule is Nc1nc(-c2ccncc2)nn1C(=O)C1CCCc2ccccc21. The molecule has 1 atom stereocenters. The Morgan fingerprint density at radius 1 is 1.17 bits per heavy atom. The van der Waals surface area contributed by atoms with Crippen molar-refractivity contribution >= 4 is 11.9 Å². The Labute approximate surface area is 139 Å². The van der Waals surface area contributed by atoms with Gasteiger partial charge in [0, 0.05) is 18.0 Å². The second-order valence-electron chi connectivity index (χ2n) is 5.92. The van der Waals surface area contributed by atoms with Crippen LogP contribution < -0.4 is 5.73 Å². The van der Waals surface area contributed by atoms with Crippen molar-refractivity contribution < 1.29 is 4.79 Å². The zero-order valence-corrected chi connectivity index (χ0v) is 13.1. The molecule has 2 N–H and O–H groups in total. The Morgan fingerprint density at radius 2 is 1.96 bits per heavy atom. The summed E-state index contributed by atoms with van der Waals surface area (Å²) in [5.74, 6) is 0.221. The summed E-state index contributed by atoms with van der Waals surface area (Å²) in [7, 11) is 0. The maximum atomic E-state index is 13.0. The Morgan fingerprint density at radius 3 is 2.79 bits per heavy atom. The van der Waals surface area contributed by atoms with Gasteiger partial charge in [0.2, 0.25) is 5.95 Å². The molecule has 0 spiro atoms. The molecular weight excluding hydrogens is 302 g/mol. The van der Waals surface area contributed by atoms with E-state index >= 15 is 0 Å². The third-order valence-corrected chi connectivity index (χ3v) is 4.45. The van der Waals surface area contributed by atoms with Crippen molar-refractivity contribution in [2.75, 3.05) is 5.73 Å². The minimum Gasteiger partial charge on any atom is -0.368 e. The molecule has 120 valence electrons. The Hall–Kier alpha value is -3.02. The summed E-state index contributed by atoms with van der Waals surface area (Å²) >= 11 is 0. The fraction of sp³-hybridized carbons (Fsp3) is 0.222. The van der Waals surface area contributed by atoms with Crippen LogP contribution in [-0.4, -0.2) is 25.7 Å². The minimum absolute atomic E-state index is 0.118. The number of hydrogen-bond acceptors (Lipinski definition) is 5. The van der Waals surface area contributed by atoms with Crippen molar-refractivity contribution in [1.29, 1.82) is 0 Å². The number of anilines is 1. The molecule has 1 aromatic carbocycles. The molecule has 0 radical (unpaired) electrons. The van der Waals surface area contributed by atoms with Crippen LogP contribution in [0.3, 0.4) is 0 Å². The number of nitrogens with two attached hydrogens (primary N) is 1. The van der Waals surface area contributed by atoms with E-state index in [0.717, 1.165) is 30.4 Å². The van der Waals surface area contributed by atoms with Crippen LogP contribution in [0, 0.1) is 0 Å². The topological polar surface area (TPSA) is 86.7 Å². The van der Waals surface area contributed by atoms with Gasteiger partial charge >= 0.3 is 0 Å². The average Bonchev–Trinajstić information content (AvgIpc) is 3.03. The molecule has 0 amide bonds. The predicted octanol–water partition coefficient (Wildman–Crippen LogP) is 2.68. The van der Waals surface area contributed by atoms with Gasteiger partial charge in [-0.1, -0.05) is 24.3 Å². The normalized spacial score (nSPS) is 16.6. The molecular formula is C18H17N5O. The standard InChI is InChI=1S/C18H17N5O/c19-18-21-16(13-8-10-20-11-9-13)22-23(18)17(24)15-7-3-5-12-4-1-2-6-14(12)15/h1-2,4,6,8-11,15H,3,5,7H2,(H2,19,21,22). The van der Waals surface area contributed by atoms with Crippen LogP contribution in [0.5, 0.6) is 0 Å². The van der Waals surface area contributed by atoms with E-state index in [2.05, 4.69) is 21.1 Å². The summed E-state index contributed by atoms with van der Waals surface area (Å²) in [5.41, 5.74) is 9.05. The predicted molar refractivity (Wildman–Crippen MR) is 90.4 cm³/mol. The Bertz CT molecular complexity index is 887. The minimum atomic E-state index is -0.218. The lowest BCUT2D eigenvalue weighted by molar-refractivity contribution is 0.0855. The second kappa shape index (κ2) is 5.88. The van der Waals surface area contributed by atoms with Crippen LogP contribution >= 0.6 is 0 Å². The molecule has 3 aromatic rings. The second-order valence-corrected chi connectivity index (χ2v) is 5.92. The van der Waals surface area contributed by atoms with Crippen LogP contribution in [0.25, 0.3) is 11.4 Å². The molecule has 0 fully saturated rings. The quantitative estimate of drug-likeness (QED) is 0.784. The number of rotatable bonds is 2. The number of carbonyl (C=O) groups excluding carboxylic acids is 1. The molecule has 1 aliphatic rings. The van der Waals surface area contributed by atoms with Gasteiger partial charge in [-0.15, -0.1) is 5.10 Å². The lowest BCUT2D eigenvalue weighted by Gasteiger charge is -2.24. The summed E-state index contributed by atoms with van der Waals surface area (Å²) in [6.07, 6.45) is 6.12. The van der Waals surface area contributed by atoms with Gasteiger partial charge < -0.3 is 5.73 Å². The summed E-state index contributed by atoms with van der Waals surface area (Å²) in [5, 5.41) is 4.33. The number of aryl methyl sites for hydroxylation is 1. The first-order valence-electron chi connectivity index (χ1n) is 7.99. The number of aromatic nitrogens is 4. The van der Waals surface area contributed by atoms with E-state index in [1.54, 1.807) is 24.5 Å². The monoisotopic (exact) mass is 319 g/mol. The van der Waals surface area contributed by atoms with Gasteiger partial charge in [-0.05, 0) is 42.5 Å². The van der Waals surface area contributed by atoms with Crippen molar-refractivity contribution in [3.8, 4) is 11.4 Å². The van der Waals surface area contributed by atoms with Crippen molar-refractivity contribution in [2.45, 2.75) is 25.2 Å². The lowest BCUT2D eigenvalue weighted by Crippen LogP contribution is -2.26. The fourth-order valence-corrected chi connectivity index (χ4v) is 3.27. The van der Waals surface area contributed by atoms with Crippen molar-refractivity contribution in [3.63, 3.8) is 0 Å². The molecule has 24 heavy (non-hydrogen) atoms. The number of benzene rings is 1. The highest BCUT2D eigenvalue weighted by molar-refractivity contribution is 5.88. The first-order valence-corrected chi connectivity index (χ1v) is 7.99. The molecule has 1 unspecified atom stereocenters. The van der Waals surface area contributed by atoms with Gasteiger partial charge in [0.25, 0.3) is 5.91 Å². The Balaban J connectivity index is 1.70. The molecule has 0 saturated carbocycles. The molecule has 2 aromatic heterocycles. The van der Waals surface area contributed by atoms with E-state index in [-0.39, 0.29) is 17.8 Å². The van der Waals surface area contributed by atoms with Gasteiger partial charge in [0.1, 0.15) is 0 Å². The van der Waals surface area contributed by atoms with Crippen LogP contribution in [0.1, 0.15) is 34.7 Å². The molecule has 6 heteroatoms. The van der Waals surface area contributed by atoms with Crippen molar-refractivity contribution in [2.24, 2.45) is 0 Å². The summed E-state index contributed by atoms with van der Waals surface area (Å²) in [4.78, 5) is 21.2. The molecule has 0 saturated heterocycles. The third-order valence-electron chi connectivity index (χ3n) is 4.45. The van der Waals surface area contributed by atoms with E-state index < -0.39 is 0 Å². The highest BCUT2D eigenvalue weighted by Gasteiger charge is 2.29. The largest absolute Gasteiger partial charge is 0.368 e. The number of carbonyl (C=O) groups is 1. The highest BCUT2D eigenvalue weighted by atomic mass is 16.2. The number of nitrogens with zero attached hydrogens (tertiary/aromatic N) is 4. The average molecular weight is 319 g/mol. The molecule has 4 rings (SSSR count). The first-order chi connectivity index (χ1) is 11.7.